The van der Waals surface area contributed by atoms with Crippen LogP contribution in [-0.4, -0.2) is 28.1 Å². The maximum Gasteiger partial charge on any atom is 0.338 e. The third-order valence-corrected chi connectivity index (χ3v) is 2.28. The van der Waals surface area contributed by atoms with Gasteiger partial charge in [0.05, 0.1) is 25.4 Å². The summed E-state index contributed by atoms with van der Waals surface area (Å²) in [6.07, 6.45) is 3.19. The molecule has 0 bridgehead atoms. The van der Waals surface area contributed by atoms with Gasteiger partial charge >= 0.3 is 5.97 Å². The monoisotopic (exact) mass is 235 g/mol. The number of carbonyl (C=O) groups excluding carboxylic acids is 1. The van der Waals surface area contributed by atoms with E-state index >= 15 is 0 Å². The van der Waals surface area contributed by atoms with E-state index in [4.69, 9.17) is 0 Å². The van der Waals surface area contributed by atoms with Crippen LogP contribution in [0.4, 0.5) is 4.39 Å². The first-order valence-electron chi connectivity index (χ1n) is 4.91. The lowest BCUT2D eigenvalue weighted by Gasteiger charge is -2.07. The minimum absolute atomic E-state index is 0.197. The average Bonchev–Trinajstić information content (AvgIpc) is 2.83. The quantitative estimate of drug-likeness (QED) is 0.751. The largest absolute Gasteiger partial charge is 0.465 e. The molecule has 0 atom stereocenters. The van der Waals surface area contributed by atoms with Crippen molar-refractivity contribution in [3.8, 4) is 0 Å². The zero-order chi connectivity index (χ0) is 12.3. The van der Waals surface area contributed by atoms with E-state index in [1.54, 1.807) is 10.9 Å². The number of esters is 1. The molecule has 1 aromatic carbocycles. The van der Waals surface area contributed by atoms with E-state index in [9.17, 15) is 9.18 Å². The first kappa shape index (κ1) is 11.3. The van der Waals surface area contributed by atoms with Gasteiger partial charge in [0.15, 0.2) is 0 Å². The van der Waals surface area contributed by atoms with Crippen LogP contribution in [0, 0.1) is 5.82 Å². The van der Waals surface area contributed by atoms with Crippen LogP contribution in [0.1, 0.15) is 15.9 Å². The van der Waals surface area contributed by atoms with Crippen molar-refractivity contribution in [2.75, 3.05) is 7.11 Å². The van der Waals surface area contributed by atoms with E-state index in [1.165, 1.54) is 25.4 Å². The number of aromatic nitrogens is 3. The number of halogens is 1. The van der Waals surface area contributed by atoms with Crippen molar-refractivity contribution >= 4 is 5.97 Å². The van der Waals surface area contributed by atoms with Crippen molar-refractivity contribution in [2.24, 2.45) is 0 Å². The lowest BCUT2D eigenvalue weighted by Crippen LogP contribution is -2.10. The lowest BCUT2D eigenvalue weighted by molar-refractivity contribution is 0.0598. The van der Waals surface area contributed by atoms with Gasteiger partial charge in [-0.2, -0.15) is 0 Å². The fourth-order valence-electron chi connectivity index (χ4n) is 1.48. The van der Waals surface area contributed by atoms with Gasteiger partial charge in [-0.05, 0) is 17.7 Å². The molecule has 0 fully saturated rings. The number of methoxy groups -OCH3 is 1. The van der Waals surface area contributed by atoms with E-state index in [-0.39, 0.29) is 5.56 Å². The fourth-order valence-corrected chi connectivity index (χ4v) is 1.48. The van der Waals surface area contributed by atoms with E-state index < -0.39 is 11.8 Å². The Hall–Kier alpha value is -2.24. The van der Waals surface area contributed by atoms with Crippen LogP contribution in [0.3, 0.4) is 0 Å². The highest BCUT2D eigenvalue weighted by atomic mass is 19.1. The van der Waals surface area contributed by atoms with Crippen molar-refractivity contribution in [2.45, 2.75) is 6.54 Å². The van der Waals surface area contributed by atoms with E-state index in [0.717, 1.165) is 6.07 Å². The molecule has 0 saturated carbocycles. The van der Waals surface area contributed by atoms with E-state index in [1.807, 2.05) is 0 Å². The zero-order valence-electron chi connectivity index (χ0n) is 9.13. The first-order valence-corrected chi connectivity index (χ1v) is 4.91. The maximum atomic E-state index is 13.1. The zero-order valence-corrected chi connectivity index (χ0v) is 9.13. The van der Waals surface area contributed by atoms with Crippen molar-refractivity contribution in [1.29, 1.82) is 0 Å². The topological polar surface area (TPSA) is 57.0 Å². The molecule has 2 aromatic rings. The van der Waals surface area contributed by atoms with E-state index in [2.05, 4.69) is 15.0 Å². The molecule has 0 N–H and O–H groups in total. The smallest absolute Gasteiger partial charge is 0.338 e. The van der Waals surface area contributed by atoms with Gasteiger partial charge in [0.25, 0.3) is 0 Å². The van der Waals surface area contributed by atoms with Crippen LogP contribution in [0.25, 0.3) is 0 Å². The second-order valence-electron chi connectivity index (χ2n) is 3.39. The third-order valence-electron chi connectivity index (χ3n) is 2.28. The van der Waals surface area contributed by atoms with Crippen LogP contribution in [0.2, 0.25) is 0 Å². The summed E-state index contributed by atoms with van der Waals surface area (Å²) < 4.78 is 19.2. The second kappa shape index (κ2) is 4.73. The van der Waals surface area contributed by atoms with Gasteiger partial charge in [0.1, 0.15) is 5.82 Å². The van der Waals surface area contributed by atoms with Gasteiger partial charge < -0.3 is 4.74 Å². The highest BCUT2D eigenvalue weighted by Crippen LogP contribution is 2.13. The molecule has 6 heteroatoms. The summed E-state index contributed by atoms with van der Waals surface area (Å²) in [4.78, 5) is 11.5. The molecule has 0 saturated heterocycles. The molecule has 0 aliphatic carbocycles. The Labute approximate surface area is 96.8 Å². The molecule has 1 aromatic heterocycles. The predicted octanol–water partition coefficient (Wildman–Crippen LogP) is 1.25. The molecule has 0 unspecified atom stereocenters. The molecular formula is C11H10FN3O2. The summed E-state index contributed by atoms with van der Waals surface area (Å²) in [6, 6.07) is 3.97. The molecule has 17 heavy (non-hydrogen) atoms. The minimum atomic E-state index is -0.570. The first-order chi connectivity index (χ1) is 8.20. The van der Waals surface area contributed by atoms with Crippen LogP contribution < -0.4 is 0 Å². The highest BCUT2D eigenvalue weighted by Gasteiger charge is 2.13. The summed E-state index contributed by atoms with van der Waals surface area (Å²) >= 11 is 0. The summed E-state index contributed by atoms with van der Waals surface area (Å²) in [7, 11) is 1.26. The lowest BCUT2D eigenvalue weighted by atomic mass is 10.1. The number of rotatable bonds is 3. The molecule has 0 amide bonds. The van der Waals surface area contributed by atoms with Gasteiger partial charge in [0, 0.05) is 6.20 Å². The highest BCUT2D eigenvalue weighted by molar-refractivity contribution is 5.91. The standard InChI is InChI=1S/C11H10FN3O2/c1-17-11(16)10-6-9(12)3-2-8(10)7-15-5-4-13-14-15/h2-6H,7H2,1H3. The molecule has 0 aliphatic heterocycles. The van der Waals surface area contributed by atoms with Gasteiger partial charge in [0.2, 0.25) is 0 Å². The van der Waals surface area contributed by atoms with Crippen LogP contribution in [0.5, 0.6) is 0 Å². The number of carbonyl (C=O) groups is 1. The number of benzene rings is 1. The molecule has 1 heterocycles. The van der Waals surface area contributed by atoms with Crippen LogP contribution in [0.15, 0.2) is 30.6 Å². The summed E-state index contributed by atoms with van der Waals surface area (Å²) in [5.41, 5.74) is 0.826. The van der Waals surface area contributed by atoms with Gasteiger partial charge in [-0.3, -0.25) is 0 Å². The summed E-state index contributed by atoms with van der Waals surface area (Å²) in [5.74, 6) is -1.05. The Kier molecular flexibility index (Phi) is 3.13. The summed E-state index contributed by atoms with van der Waals surface area (Å²) in [6.45, 7) is 0.338. The average molecular weight is 235 g/mol. The second-order valence-corrected chi connectivity index (χ2v) is 3.39. The maximum absolute atomic E-state index is 13.1. The predicted molar refractivity (Wildman–Crippen MR) is 56.9 cm³/mol. The molecule has 0 spiro atoms. The Balaban J connectivity index is 2.35. The molecular weight excluding hydrogens is 225 g/mol. The Morgan fingerprint density at radius 1 is 1.53 bits per heavy atom. The van der Waals surface area contributed by atoms with Crippen molar-refractivity contribution < 1.29 is 13.9 Å². The fraction of sp³-hybridized carbons (Fsp3) is 0.182. The molecule has 0 radical (unpaired) electrons. The van der Waals surface area contributed by atoms with E-state index in [0.29, 0.717) is 12.1 Å². The van der Waals surface area contributed by atoms with Crippen LogP contribution in [-0.2, 0) is 11.3 Å². The molecule has 2 rings (SSSR count). The number of hydrogen-bond donors (Lipinski definition) is 0. The van der Waals surface area contributed by atoms with Crippen molar-refractivity contribution in [3.05, 3.63) is 47.5 Å². The summed E-state index contributed by atoms with van der Waals surface area (Å²) in [5, 5.41) is 7.43. The normalized spacial score (nSPS) is 10.2. The third kappa shape index (κ3) is 2.47. The number of nitrogens with zero attached hydrogens (tertiary/aromatic N) is 3. The molecule has 88 valence electrons. The van der Waals surface area contributed by atoms with Crippen molar-refractivity contribution in [3.63, 3.8) is 0 Å². The Bertz CT molecular complexity index is 526. The Morgan fingerprint density at radius 2 is 2.35 bits per heavy atom. The number of ether oxygens (including phenoxy) is 1. The van der Waals surface area contributed by atoms with Gasteiger partial charge in [-0.1, -0.05) is 11.3 Å². The molecule has 0 aliphatic rings. The number of hydrogen-bond acceptors (Lipinski definition) is 4. The van der Waals surface area contributed by atoms with Gasteiger partial charge in [-0.15, -0.1) is 5.10 Å². The molecule has 5 nitrogen and oxygen atoms in total. The van der Waals surface area contributed by atoms with Crippen molar-refractivity contribution in [1.82, 2.24) is 15.0 Å². The SMILES string of the molecule is COC(=O)c1cc(F)ccc1Cn1ccnn1. The van der Waals surface area contributed by atoms with Crippen LogP contribution >= 0.6 is 0 Å². The Morgan fingerprint density at radius 3 is 3.00 bits per heavy atom. The van der Waals surface area contributed by atoms with Gasteiger partial charge in [-0.25, -0.2) is 13.9 Å². The minimum Gasteiger partial charge on any atom is -0.465 e.